The highest BCUT2D eigenvalue weighted by Crippen LogP contribution is 2.28. The van der Waals surface area contributed by atoms with E-state index in [9.17, 15) is 4.79 Å². The first-order valence-corrected chi connectivity index (χ1v) is 6.28. The minimum atomic E-state index is -0.00770. The average molecular weight is 256 g/mol. The van der Waals surface area contributed by atoms with Crippen LogP contribution in [0.15, 0.2) is 4.99 Å². The van der Waals surface area contributed by atoms with Gasteiger partial charge >= 0.3 is 0 Å². The third-order valence-corrected chi connectivity index (χ3v) is 2.90. The van der Waals surface area contributed by atoms with E-state index in [1.807, 2.05) is 0 Å². The van der Waals surface area contributed by atoms with Crippen LogP contribution in [0.25, 0.3) is 0 Å². The van der Waals surface area contributed by atoms with Crippen molar-refractivity contribution in [2.45, 2.75) is 19.4 Å². The van der Waals surface area contributed by atoms with Crippen molar-refractivity contribution in [3.63, 3.8) is 0 Å². The number of methoxy groups -OCH3 is 1. The highest BCUT2D eigenvalue weighted by molar-refractivity contribution is 5.85. The van der Waals surface area contributed by atoms with E-state index in [-0.39, 0.29) is 12.5 Å². The van der Waals surface area contributed by atoms with Gasteiger partial charge in [0.15, 0.2) is 5.96 Å². The van der Waals surface area contributed by atoms with Crippen molar-refractivity contribution in [3.05, 3.63) is 0 Å². The molecule has 0 bridgehead atoms. The third kappa shape index (κ3) is 5.35. The van der Waals surface area contributed by atoms with Gasteiger partial charge in [0, 0.05) is 33.8 Å². The average Bonchev–Trinajstić information content (AvgIpc) is 3.01. The molecule has 1 rings (SSSR count). The Morgan fingerprint density at radius 1 is 1.50 bits per heavy atom. The molecule has 2 N–H and O–H groups in total. The second-order valence-electron chi connectivity index (χ2n) is 4.84. The van der Waals surface area contributed by atoms with Crippen LogP contribution in [0.4, 0.5) is 0 Å². The molecule has 1 amide bonds. The SMILES string of the molecule is COCCNC(=NCC(=O)N(C)C)NC1CC1C. The number of carbonyl (C=O) groups excluding carboxylic acids is 1. The Bertz CT molecular complexity index is 304. The van der Waals surface area contributed by atoms with Gasteiger partial charge in [0.2, 0.25) is 5.91 Å². The van der Waals surface area contributed by atoms with Gasteiger partial charge < -0.3 is 20.3 Å². The Kier molecular flexibility index (Phi) is 5.91. The van der Waals surface area contributed by atoms with E-state index >= 15 is 0 Å². The van der Waals surface area contributed by atoms with Crippen molar-refractivity contribution >= 4 is 11.9 Å². The van der Waals surface area contributed by atoms with Crippen molar-refractivity contribution in [1.29, 1.82) is 0 Å². The van der Waals surface area contributed by atoms with Crippen LogP contribution in [-0.4, -0.2) is 63.7 Å². The maximum Gasteiger partial charge on any atom is 0.243 e. The van der Waals surface area contributed by atoms with E-state index in [1.54, 1.807) is 21.2 Å². The predicted molar refractivity (Wildman–Crippen MR) is 71.6 cm³/mol. The standard InChI is InChI=1S/C12H24N4O2/c1-9-7-10(9)15-12(13-5-6-18-4)14-8-11(17)16(2)3/h9-10H,5-8H2,1-4H3,(H2,13,14,15). The van der Waals surface area contributed by atoms with E-state index in [0.29, 0.717) is 31.1 Å². The molecule has 1 saturated carbocycles. The number of aliphatic imine (C=N–C) groups is 1. The third-order valence-electron chi connectivity index (χ3n) is 2.90. The number of carbonyl (C=O) groups is 1. The summed E-state index contributed by atoms with van der Waals surface area (Å²) in [5.41, 5.74) is 0. The fourth-order valence-corrected chi connectivity index (χ4v) is 1.41. The van der Waals surface area contributed by atoms with E-state index < -0.39 is 0 Å². The molecule has 1 fully saturated rings. The van der Waals surface area contributed by atoms with E-state index in [1.165, 1.54) is 4.90 Å². The number of hydrogen-bond acceptors (Lipinski definition) is 3. The highest BCUT2D eigenvalue weighted by atomic mass is 16.5. The van der Waals surface area contributed by atoms with Crippen molar-refractivity contribution < 1.29 is 9.53 Å². The first-order valence-electron chi connectivity index (χ1n) is 6.28. The number of nitrogens with zero attached hydrogens (tertiary/aromatic N) is 2. The van der Waals surface area contributed by atoms with Crippen LogP contribution in [0.5, 0.6) is 0 Å². The fourth-order valence-electron chi connectivity index (χ4n) is 1.41. The number of amides is 1. The van der Waals surface area contributed by atoms with Gasteiger partial charge in [0.1, 0.15) is 6.54 Å². The number of nitrogens with one attached hydrogen (secondary N) is 2. The van der Waals surface area contributed by atoms with Gasteiger partial charge in [0.25, 0.3) is 0 Å². The summed E-state index contributed by atoms with van der Waals surface area (Å²) in [6.07, 6.45) is 1.16. The van der Waals surface area contributed by atoms with Gasteiger partial charge in [-0.3, -0.25) is 4.79 Å². The van der Waals surface area contributed by atoms with Crippen molar-refractivity contribution in [3.8, 4) is 0 Å². The van der Waals surface area contributed by atoms with Gasteiger partial charge in [-0.25, -0.2) is 4.99 Å². The summed E-state index contributed by atoms with van der Waals surface area (Å²) in [6.45, 7) is 3.65. The number of rotatable bonds is 6. The second-order valence-corrected chi connectivity index (χ2v) is 4.84. The molecule has 0 aromatic carbocycles. The van der Waals surface area contributed by atoms with Gasteiger partial charge in [-0.05, 0) is 12.3 Å². The maximum absolute atomic E-state index is 11.5. The lowest BCUT2D eigenvalue weighted by atomic mass is 10.5. The second kappa shape index (κ2) is 7.20. The van der Waals surface area contributed by atoms with Gasteiger partial charge in [-0.15, -0.1) is 0 Å². The molecule has 0 radical (unpaired) electrons. The van der Waals surface area contributed by atoms with E-state index in [2.05, 4.69) is 22.5 Å². The van der Waals surface area contributed by atoms with Crippen molar-refractivity contribution in [2.24, 2.45) is 10.9 Å². The van der Waals surface area contributed by atoms with Crippen LogP contribution in [0.3, 0.4) is 0 Å². The lowest BCUT2D eigenvalue weighted by Gasteiger charge is -2.13. The monoisotopic (exact) mass is 256 g/mol. The number of ether oxygens (including phenoxy) is 1. The predicted octanol–water partition coefficient (Wildman–Crippen LogP) is -0.335. The van der Waals surface area contributed by atoms with Crippen LogP contribution in [0, 0.1) is 5.92 Å². The molecule has 0 aromatic rings. The van der Waals surface area contributed by atoms with Crippen LogP contribution in [-0.2, 0) is 9.53 Å². The molecule has 0 saturated heterocycles. The largest absolute Gasteiger partial charge is 0.383 e. The Balaban J connectivity index is 2.41. The molecule has 2 atom stereocenters. The molecule has 6 nitrogen and oxygen atoms in total. The summed E-state index contributed by atoms with van der Waals surface area (Å²) >= 11 is 0. The Morgan fingerprint density at radius 2 is 2.17 bits per heavy atom. The molecule has 0 aromatic heterocycles. The van der Waals surface area contributed by atoms with Crippen molar-refractivity contribution in [1.82, 2.24) is 15.5 Å². The minimum absolute atomic E-state index is 0.00770. The van der Waals surface area contributed by atoms with Gasteiger partial charge in [-0.1, -0.05) is 6.92 Å². The molecule has 2 unspecified atom stereocenters. The molecular formula is C12H24N4O2. The molecule has 6 heteroatoms. The van der Waals surface area contributed by atoms with Gasteiger partial charge in [0.05, 0.1) is 6.61 Å². The van der Waals surface area contributed by atoms with E-state index in [0.717, 1.165) is 6.42 Å². The topological polar surface area (TPSA) is 66.0 Å². The molecule has 18 heavy (non-hydrogen) atoms. The zero-order valence-corrected chi connectivity index (χ0v) is 11.7. The number of likely N-dealkylation sites (N-methyl/N-ethyl adjacent to an activating group) is 1. The molecule has 0 heterocycles. The van der Waals surface area contributed by atoms with Crippen molar-refractivity contribution in [2.75, 3.05) is 40.9 Å². The zero-order chi connectivity index (χ0) is 13.5. The fraction of sp³-hybridized carbons (Fsp3) is 0.833. The molecule has 0 spiro atoms. The summed E-state index contributed by atoms with van der Waals surface area (Å²) in [5, 5.41) is 6.46. The summed E-state index contributed by atoms with van der Waals surface area (Å²) < 4.78 is 4.98. The van der Waals surface area contributed by atoms with Crippen LogP contribution in [0.1, 0.15) is 13.3 Å². The lowest BCUT2D eigenvalue weighted by molar-refractivity contribution is -0.127. The van der Waals surface area contributed by atoms with Crippen LogP contribution >= 0.6 is 0 Å². The number of hydrogen-bond donors (Lipinski definition) is 2. The molecule has 1 aliphatic rings. The maximum atomic E-state index is 11.5. The highest BCUT2D eigenvalue weighted by Gasteiger charge is 2.33. The molecule has 104 valence electrons. The zero-order valence-electron chi connectivity index (χ0n) is 11.7. The quantitative estimate of drug-likeness (QED) is 0.388. The van der Waals surface area contributed by atoms with E-state index in [4.69, 9.17) is 4.74 Å². The molecule has 0 aliphatic heterocycles. The summed E-state index contributed by atoms with van der Waals surface area (Å²) in [7, 11) is 5.11. The Labute approximate surface area is 109 Å². The first kappa shape index (κ1) is 14.8. The molecule has 1 aliphatic carbocycles. The first-order chi connectivity index (χ1) is 8.54. The van der Waals surface area contributed by atoms with Crippen LogP contribution < -0.4 is 10.6 Å². The normalized spacial score (nSPS) is 22.6. The lowest BCUT2D eigenvalue weighted by Crippen LogP contribution is -2.41. The Morgan fingerprint density at radius 3 is 2.67 bits per heavy atom. The Hall–Kier alpha value is -1.30. The summed E-state index contributed by atoms with van der Waals surface area (Å²) in [5.74, 6) is 1.37. The van der Waals surface area contributed by atoms with Crippen LogP contribution in [0.2, 0.25) is 0 Å². The summed E-state index contributed by atoms with van der Waals surface area (Å²) in [4.78, 5) is 17.3. The van der Waals surface area contributed by atoms with Gasteiger partial charge in [-0.2, -0.15) is 0 Å². The number of guanidine groups is 1. The smallest absolute Gasteiger partial charge is 0.243 e. The molecular weight excluding hydrogens is 232 g/mol. The summed E-state index contributed by atoms with van der Waals surface area (Å²) in [6, 6.07) is 0.480. The minimum Gasteiger partial charge on any atom is -0.383 e.